The van der Waals surface area contributed by atoms with Crippen molar-refractivity contribution < 1.29 is 9.53 Å². The Morgan fingerprint density at radius 2 is 1.96 bits per heavy atom. The van der Waals surface area contributed by atoms with Crippen molar-refractivity contribution in [3.63, 3.8) is 0 Å². The van der Waals surface area contributed by atoms with E-state index in [0.29, 0.717) is 17.3 Å². The summed E-state index contributed by atoms with van der Waals surface area (Å²) >= 11 is 1.42. The number of aromatic nitrogens is 1. The molecule has 0 radical (unpaired) electrons. The molecule has 1 amide bonds. The molecule has 2 aromatic carbocycles. The summed E-state index contributed by atoms with van der Waals surface area (Å²) in [6, 6.07) is 15.3. The minimum atomic E-state index is -0.157. The van der Waals surface area contributed by atoms with Gasteiger partial charge in [0, 0.05) is 10.9 Å². The lowest BCUT2D eigenvalue weighted by Gasteiger charge is -2.08. The highest BCUT2D eigenvalue weighted by Crippen LogP contribution is 2.17. The van der Waals surface area contributed by atoms with Gasteiger partial charge in [-0.15, -0.1) is 11.3 Å². The number of ether oxygens (including phenoxy) is 1. The van der Waals surface area contributed by atoms with Crippen LogP contribution >= 0.6 is 11.3 Å². The number of carbonyl (C=O) groups is 1. The molecule has 0 saturated carbocycles. The van der Waals surface area contributed by atoms with Crippen LogP contribution in [0.1, 0.15) is 27.2 Å². The van der Waals surface area contributed by atoms with Crippen molar-refractivity contribution in [2.75, 3.05) is 5.32 Å². The summed E-state index contributed by atoms with van der Waals surface area (Å²) in [7, 11) is 0. The molecule has 0 atom stereocenters. The van der Waals surface area contributed by atoms with Crippen molar-refractivity contribution in [2.45, 2.75) is 20.5 Å². The topological polar surface area (TPSA) is 51.2 Å². The molecule has 0 aliphatic rings. The number of thiazole rings is 1. The third kappa shape index (κ3) is 4.20. The normalized spacial score (nSPS) is 10.4. The first-order chi connectivity index (χ1) is 11.6. The second-order valence-electron chi connectivity index (χ2n) is 5.55. The van der Waals surface area contributed by atoms with E-state index in [1.54, 1.807) is 12.1 Å². The van der Waals surface area contributed by atoms with Gasteiger partial charge in [0.1, 0.15) is 12.4 Å². The lowest BCUT2D eigenvalue weighted by Crippen LogP contribution is -2.11. The Balaban J connectivity index is 1.59. The second-order valence-corrected chi connectivity index (χ2v) is 6.41. The number of carbonyl (C=O) groups excluding carboxylic acids is 1. The van der Waals surface area contributed by atoms with Gasteiger partial charge in [-0.1, -0.05) is 24.3 Å². The monoisotopic (exact) mass is 338 g/mol. The van der Waals surface area contributed by atoms with Crippen LogP contribution in [0, 0.1) is 13.8 Å². The molecule has 1 heterocycles. The fourth-order valence-corrected chi connectivity index (χ4v) is 2.89. The van der Waals surface area contributed by atoms with E-state index in [0.717, 1.165) is 22.6 Å². The lowest BCUT2D eigenvalue weighted by molar-refractivity contribution is 0.102. The molecular formula is C19H18N2O2S. The quantitative estimate of drug-likeness (QED) is 0.740. The average molecular weight is 338 g/mol. The molecule has 0 fully saturated rings. The number of benzene rings is 2. The van der Waals surface area contributed by atoms with Gasteiger partial charge in [-0.3, -0.25) is 10.1 Å². The van der Waals surface area contributed by atoms with E-state index in [-0.39, 0.29) is 5.91 Å². The molecule has 0 aliphatic carbocycles. The SMILES string of the molecule is Cc1cccc(OCc2ccc(C(=O)Nc3nc(C)cs3)cc2)c1. The van der Waals surface area contributed by atoms with Crippen LogP contribution in [0.25, 0.3) is 0 Å². The Morgan fingerprint density at radius 1 is 1.17 bits per heavy atom. The molecule has 0 unspecified atom stereocenters. The van der Waals surface area contributed by atoms with Gasteiger partial charge in [0.2, 0.25) is 0 Å². The molecule has 0 saturated heterocycles. The van der Waals surface area contributed by atoms with E-state index in [2.05, 4.69) is 10.3 Å². The maximum Gasteiger partial charge on any atom is 0.257 e. The van der Waals surface area contributed by atoms with Gasteiger partial charge in [-0.25, -0.2) is 4.98 Å². The van der Waals surface area contributed by atoms with Crippen LogP contribution in [-0.4, -0.2) is 10.9 Å². The molecular weight excluding hydrogens is 320 g/mol. The fourth-order valence-electron chi connectivity index (χ4n) is 2.20. The van der Waals surface area contributed by atoms with Gasteiger partial charge < -0.3 is 4.74 Å². The zero-order valence-electron chi connectivity index (χ0n) is 13.6. The van der Waals surface area contributed by atoms with Crippen LogP contribution in [0.5, 0.6) is 5.75 Å². The zero-order chi connectivity index (χ0) is 16.9. The summed E-state index contributed by atoms with van der Waals surface area (Å²) in [5.74, 6) is 0.687. The highest BCUT2D eigenvalue weighted by atomic mass is 32.1. The van der Waals surface area contributed by atoms with Gasteiger partial charge in [0.05, 0.1) is 5.69 Å². The molecule has 0 aliphatic heterocycles. The maximum atomic E-state index is 12.2. The van der Waals surface area contributed by atoms with Crippen molar-refractivity contribution in [1.29, 1.82) is 0 Å². The van der Waals surface area contributed by atoms with Gasteiger partial charge in [0.15, 0.2) is 5.13 Å². The second kappa shape index (κ2) is 7.27. The highest BCUT2D eigenvalue weighted by molar-refractivity contribution is 7.13. The molecule has 3 rings (SSSR count). The van der Waals surface area contributed by atoms with Crippen molar-refractivity contribution >= 4 is 22.4 Å². The number of hydrogen-bond acceptors (Lipinski definition) is 4. The van der Waals surface area contributed by atoms with Crippen LogP contribution in [0.15, 0.2) is 53.9 Å². The smallest absolute Gasteiger partial charge is 0.257 e. The Hall–Kier alpha value is -2.66. The fraction of sp³-hybridized carbons (Fsp3) is 0.158. The van der Waals surface area contributed by atoms with E-state index in [9.17, 15) is 4.79 Å². The van der Waals surface area contributed by atoms with Crippen LogP contribution < -0.4 is 10.1 Å². The first kappa shape index (κ1) is 16.2. The Kier molecular flexibility index (Phi) is 4.91. The summed E-state index contributed by atoms with van der Waals surface area (Å²) in [6.07, 6.45) is 0. The molecule has 3 aromatic rings. The van der Waals surface area contributed by atoms with E-state index < -0.39 is 0 Å². The minimum absolute atomic E-state index is 0.157. The van der Waals surface area contributed by atoms with Crippen LogP contribution in [0.4, 0.5) is 5.13 Å². The van der Waals surface area contributed by atoms with Gasteiger partial charge in [-0.2, -0.15) is 0 Å². The minimum Gasteiger partial charge on any atom is -0.489 e. The number of rotatable bonds is 5. The third-order valence-electron chi connectivity index (χ3n) is 3.45. The number of hydrogen-bond donors (Lipinski definition) is 1. The van der Waals surface area contributed by atoms with Crippen molar-refractivity contribution in [2.24, 2.45) is 0 Å². The Labute approximate surface area is 145 Å². The van der Waals surface area contributed by atoms with Crippen molar-refractivity contribution in [1.82, 2.24) is 4.98 Å². The van der Waals surface area contributed by atoms with E-state index in [4.69, 9.17) is 4.74 Å². The van der Waals surface area contributed by atoms with E-state index in [1.807, 2.05) is 55.6 Å². The van der Waals surface area contributed by atoms with Crippen LogP contribution in [-0.2, 0) is 6.61 Å². The van der Waals surface area contributed by atoms with Crippen molar-refractivity contribution in [3.05, 3.63) is 76.3 Å². The first-order valence-corrected chi connectivity index (χ1v) is 8.50. The number of amides is 1. The first-order valence-electron chi connectivity index (χ1n) is 7.62. The average Bonchev–Trinajstić information content (AvgIpc) is 2.98. The standard InChI is InChI=1S/C19H18N2O2S/c1-13-4-3-5-17(10-13)23-11-15-6-8-16(9-7-15)18(22)21-19-20-14(2)12-24-19/h3-10,12H,11H2,1-2H3,(H,20,21,22). The highest BCUT2D eigenvalue weighted by Gasteiger charge is 2.08. The molecule has 0 spiro atoms. The summed E-state index contributed by atoms with van der Waals surface area (Å²) < 4.78 is 5.76. The molecule has 4 nitrogen and oxygen atoms in total. The predicted octanol–water partition coefficient (Wildman–Crippen LogP) is 4.59. The molecule has 1 N–H and O–H groups in total. The molecule has 1 aromatic heterocycles. The molecule has 0 bridgehead atoms. The van der Waals surface area contributed by atoms with E-state index >= 15 is 0 Å². The van der Waals surface area contributed by atoms with Gasteiger partial charge in [-0.05, 0) is 49.2 Å². The van der Waals surface area contributed by atoms with Gasteiger partial charge in [0.25, 0.3) is 5.91 Å². The van der Waals surface area contributed by atoms with Gasteiger partial charge >= 0.3 is 0 Å². The summed E-state index contributed by atoms with van der Waals surface area (Å²) in [5.41, 5.74) is 3.68. The largest absolute Gasteiger partial charge is 0.489 e. The Bertz CT molecular complexity index is 841. The van der Waals surface area contributed by atoms with E-state index in [1.165, 1.54) is 11.3 Å². The zero-order valence-corrected chi connectivity index (χ0v) is 14.4. The lowest BCUT2D eigenvalue weighted by atomic mass is 10.1. The third-order valence-corrected chi connectivity index (χ3v) is 4.33. The van der Waals surface area contributed by atoms with Crippen LogP contribution in [0.2, 0.25) is 0 Å². The Morgan fingerprint density at radius 3 is 2.62 bits per heavy atom. The van der Waals surface area contributed by atoms with Crippen LogP contribution in [0.3, 0.4) is 0 Å². The number of aryl methyl sites for hydroxylation is 2. The summed E-state index contributed by atoms with van der Waals surface area (Å²) in [5, 5.41) is 5.32. The van der Waals surface area contributed by atoms with Crippen molar-refractivity contribution in [3.8, 4) is 5.75 Å². The summed E-state index contributed by atoms with van der Waals surface area (Å²) in [4.78, 5) is 16.4. The number of anilines is 1. The molecule has 5 heteroatoms. The maximum absolute atomic E-state index is 12.2. The summed E-state index contributed by atoms with van der Waals surface area (Å²) in [6.45, 7) is 4.40. The molecule has 122 valence electrons. The number of nitrogens with zero attached hydrogens (tertiary/aromatic N) is 1. The number of nitrogens with one attached hydrogen (secondary N) is 1. The predicted molar refractivity (Wildman–Crippen MR) is 96.8 cm³/mol. The molecule has 24 heavy (non-hydrogen) atoms.